The SMILES string of the molecule is CCCC(=O)Nc1cccc(NCC(=O)Nc2ccc(C)cc2Br)c1C. The Hall–Kier alpha value is -2.34. The Morgan fingerprint density at radius 1 is 0.962 bits per heavy atom. The molecule has 0 saturated heterocycles. The largest absolute Gasteiger partial charge is 0.376 e. The summed E-state index contributed by atoms with van der Waals surface area (Å²) in [6.45, 7) is 6.01. The van der Waals surface area contributed by atoms with Crippen LogP contribution in [0.1, 0.15) is 30.9 Å². The molecule has 2 amide bonds. The van der Waals surface area contributed by atoms with Gasteiger partial charge in [-0.2, -0.15) is 0 Å². The van der Waals surface area contributed by atoms with Crippen molar-refractivity contribution in [3.8, 4) is 0 Å². The maximum absolute atomic E-state index is 12.2. The van der Waals surface area contributed by atoms with E-state index in [1.54, 1.807) is 0 Å². The van der Waals surface area contributed by atoms with Crippen molar-refractivity contribution in [2.24, 2.45) is 0 Å². The van der Waals surface area contributed by atoms with Gasteiger partial charge in [-0.1, -0.05) is 19.1 Å². The second-order valence-electron chi connectivity index (χ2n) is 6.16. The molecule has 0 aromatic heterocycles. The first-order valence-electron chi connectivity index (χ1n) is 8.60. The van der Waals surface area contributed by atoms with Gasteiger partial charge in [0, 0.05) is 22.3 Å². The molecule has 0 unspecified atom stereocenters. The molecule has 0 aliphatic heterocycles. The van der Waals surface area contributed by atoms with E-state index in [-0.39, 0.29) is 18.4 Å². The maximum Gasteiger partial charge on any atom is 0.243 e. The molecule has 2 rings (SSSR count). The molecule has 0 atom stereocenters. The first kappa shape index (κ1) is 20.0. The third-order valence-electron chi connectivity index (χ3n) is 3.92. The third-order valence-corrected chi connectivity index (χ3v) is 4.58. The van der Waals surface area contributed by atoms with Gasteiger partial charge in [-0.05, 0) is 71.6 Å². The van der Waals surface area contributed by atoms with Crippen LogP contribution in [0.3, 0.4) is 0 Å². The highest BCUT2D eigenvalue weighted by molar-refractivity contribution is 9.10. The Kier molecular flexibility index (Phi) is 7.21. The average molecular weight is 418 g/mol. The molecule has 138 valence electrons. The summed E-state index contributed by atoms with van der Waals surface area (Å²) < 4.78 is 0.850. The Bertz CT molecular complexity index is 806. The summed E-state index contributed by atoms with van der Waals surface area (Å²) in [5.74, 6) is -0.149. The molecule has 26 heavy (non-hydrogen) atoms. The number of carbonyl (C=O) groups is 2. The number of benzene rings is 2. The fourth-order valence-electron chi connectivity index (χ4n) is 2.49. The number of halogens is 1. The van der Waals surface area contributed by atoms with E-state index in [4.69, 9.17) is 0 Å². The van der Waals surface area contributed by atoms with Crippen LogP contribution in [0.4, 0.5) is 17.1 Å². The summed E-state index contributed by atoms with van der Waals surface area (Å²) in [6, 6.07) is 11.4. The van der Waals surface area contributed by atoms with Crippen LogP contribution in [0, 0.1) is 13.8 Å². The normalized spacial score (nSPS) is 10.3. The second-order valence-corrected chi connectivity index (χ2v) is 7.02. The van der Waals surface area contributed by atoms with Crippen LogP contribution in [0.5, 0.6) is 0 Å². The number of nitrogens with one attached hydrogen (secondary N) is 3. The molecule has 6 heteroatoms. The molecular formula is C20H24BrN3O2. The Morgan fingerprint density at radius 3 is 2.35 bits per heavy atom. The molecule has 2 aromatic carbocycles. The number of aryl methyl sites for hydroxylation is 1. The van der Waals surface area contributed by atoms with Gasteiger partial charge in [-0.15, -0.1) is 0 Å². The Balaban J connectivity index is 1.98. The zero-order valence-corrected chi connectivity index (χ0v) is 16.9. The number of carbonyl (C=O) groups excluding carboxylic acids is 2. The molecule has 0 heterocycles. The van der Waals surface area contributed by atoms with Crippen molar-refractivity contribution in [2.45, 2.75) is 33.6 Å². The van der Waals surface area contributed by atoms with Crippen LogP contribution in [-0.4, -0.2) is 18.4 Å². The lowest BCUT2D eigenvalue weighted by Crippen LogP contribution is -2.22. The number of hydrogen-bond acceptors (Lipinski definition) is 3. The zero-order chi connectivity index (χ0) is 19.1. The van der Waals surface area contributed by atoms with E-state index >= 15 is 0 Å². The molecule has 2 aromatic rings. The van der Waals surface area contributed by atoms with E-state index < -0.39 is 0 Å². The molecule has 0 spiro atoms. The highest BCUT2D eigenvalue weighted by Gasteiger charge is 2.09. The molecule has 5 nitrogen and oxygen atoms in total. The van der Waals surface area contributed by atoms with Gasteiger partial charge in [0.15, 0.2) is 0 Å². The minimum Gasteiger partial charge on any atom is -0.376 e. The van der Waals surface area contributed by atoms with Crippen molar-refractivity contribution in [1.29, 1.82) is 0 Å². The van der Waals surface area contributed by atoms with Gasteiger partial charge in [0.2, 0.25) is 11.8 Å². The summed E-state index contributed by atoms with van der Waals surface area (Å²) in [6.07, 6.45) is 1.29. The van der Waals surface area contributed by atoms with Gasteiger partial charge in [-0.3, -0.25) is 9.59 Å². The lowest BCUT2D eigenvalue weighted by atomic mass is 10.1. The third kappa shape index (κ3) is 5.59. The van der Waals surface area contributed by atoms with Crippen molar-refractivity contribution in [3.05, 3.63) is 52.0 Å². The molecule has 0 aliphatic carbocycles. The molecule has 0 fully saturated rings. The molecule has 0 bridgehead atoms. The van der Waals surface area contributed by atoms with Crippen LogP contribution >= 0.6 is 15.9 Å². The number of anilines is 3. The van der Waals surface area contributed by atoms with Gasteiger partial charge in [-0.25, -0.2) is 0 Å². The lowest BCUT2D eigenvalue weighted by molar-refractivity contribution is -0.116. The summed E-state index contributed by atoms with van der Waals surface area (Å²) in [4.78, 5) is 24.0. The molecular weight excluding hydrogens is 394 g/mol. The quantitative estimate of drug-likeness (QED) is 0.602. The predicted molar refractivity (Wildman–Crippen MR) is 111 cm³/mol. The number of amides is 2. The van der Waals surface area contributed by atoms with Crippen LogP contribution in [-0.2, 0) is 9.59 Å². The van der Waals surface area contributed by atoms with Crippen molar-refractivity contribution < 1.29 is 9.59 Å². The minimum absolute atomic E-state index is 0.00489. The highest BCUT2D eigenvalue weighted by atomic mass is 79.9. The van der Waals surface area contributed by atoms with E-state index in [1.807, 2.05) is 57.2 Å². The fourth-order valence-corrected chi connectivity index (χ4v) is 3.09. The van der Waals surface area contributed by atoms with E-state index in [0.717, 1.165) is 39.1 Å². The van der Waals surface area contributed by atoms with Crippen LogP contribution < -0.4 is 16.0 Å². The Morgan fingerprint density at radius 2 is 1.65 bits per heavy atom. The average Bonchev–Trinajstić information content (AvgIpc) is 2.58. The molecule has 3 N–H and O–H groups in total. The summed E-state index contributed by atoms with van der Waals surface area (Å²) >= 11 is 3.45. The van der Waals surface area contributed by atoms with Gasteiger partial charge in [0.25, 0.3) is 0 Å². The van der Waals surface area contributed by atoms with Crippen molar-refractivity contribution in [3.63, 3.8) is 0 Å². The monoisotopic (exact) mass is 417 g/mol. The summed E-state index contributed by atoms with van der Waals surface area (Å²) in [7, 11) is 0. The fraction of sp³-hybridized carbons (Fsp3) is 0.300. The second kappa shape index (κ2) is 9.38. The number of hydrogen-bond donors (Lipinski definition) is 3. The first-order valence-corrected chi connectivity index (χ1v) is 9.39. The van der Waals surface area contributed by atoms with Crippen LogP contribution in [0.15, 0.2) is 40.9 Å². The van der Waals surface area contributed by atoms with Crippen molar-refractivity contribution in [2.75, 3.05) is 22.5 Å². The van der Waals surface area contributed by atoms with E-state index in [1.165, 1.54) is 0 Å². The summed E-state index contributed by atoms with van der Waals surface area (Å²) in [5.41, 5.74) is 4.33. The predicted octanol–water partition coefficient (Wildman–Crippen LogP) is 4.86. The summed E-state index contributed by atoms with van der Waals surface area (Å²) in [5, 5.41) is 8.91. The van der Waals surface area contributed by atoms with Crippen LogP contribution in [0.2, 0.25) is 0 Å². The van der Waals surface area contributed by atoms with E-state index in [0.29, 0.717) is 6.42 Å². The lowest BCUT2D eigenvalue weighted by Gasteiger charge is -2.14. The topological polar surface area (TPSA) is 70.2 Å². The molecule has 0 radical (unpaired) electrons. The van der Waals surface area contributed by atoms with Crippen LogP contribution in [0.25, 0.3) is 0 Å². The smallest absolute Gasteiger partial charge is 0.243 e. The maximum atomic E-state index is 12.2. The van der Waals surface area contributed by atoms with Gasteiger partial charge in [0.1, 0.15) is 0 Å². The molecule has 0 saturated carbocycles. The zero-order valence-electron chi connectivity index (χ0n) is 15.3. The van der Waals surface area contributed by atoms with Crippen molar-refractivity contribution in [1.82, 2.24) is 0 Å². The molecule has 0 aliphatic rings. The van der Waals surface area contributed by atoms with E-state index in [9.17, 15) is 9.59 Å². The van der Waals surface area contributed by atoms with Crippen molar-refractivity contribution >= 4 is 44.8 Å². The number of rotatable bonds is 7. The first-order chi connectivity index (χ1) is 12.4. The van der Waals surface area contributed by atoms with Gasteiger partial charge >= 0.3 is 0 Å². The minimum atomic E-state index is -0.144. The van der Waals surface area contributed by atoms with Gasteiger partial charge < -0.3 is 16.0 Å². The van der Waals surface area contributed by atoms with Gasteiger partial charge in [0.05, 0.1) is 12.2 Å². The Labute approximate surface area is 162 Å². The van der Waals surface area contributed by atoms with E-state index in [2.05, 4.69) is 31.9 Å². The highest BCUT2D eigenvalue weighted by Crippen LogP contribution is 2.25. The standard InChI is InChI=1S/C20H24BrN3O2/c1-4-6-19(25)23-17-8-5-7-16(14(17)3)22-12-20(26)24-18-10-9-13(2)11-15(18)21/h5,7-11,22H,4,6,12H2,1-3H3,(H,23,25)(H,24,26).